The van der Waals surface area contributed by atoms with Crippen molar-refractivity contribution >= 4 is 22.1 Å². The molecular weight excluding hydrogens is 837 g/mol. The molecule has 0 radical (unpaired) electrons. The first kappa shape index (κ1) is 58.3. The van der Waals surface area contributed by atoms with Crippen LogP contribution in [-0.2, 0) is 38.7 Å². The van der Waals surface area contributed by atoms with E-state index in [0.29, 0.717) is 12.8 Å². The highest BCUT2D eigenvalue weighted by molar-refractivity contribution is 7.85. The molecule has 1 aliphatic rings. The quantitative estimate of drug-likeness (QED) is 0.0200. The van der Waals surface area contributed by atoms with Crippen molar-refractivity contribution in [1.29, 1.82) is 0 Å². The lowest BCUT2D eigenvalue weighted by Crippen LogP contribution is -2.60. The molecule has 4 N–H and O–H groups in total. The van der Waals surface area contributed by atoms with E-state index in [1.54, 1.807) is 0 Å². The summed E-state index contributed by atoms with van der Waals surface area (Å²) in [6.45, 7) is 3.51. The molecule has 0 aromatic rings. The van der Waals surface area contributed by atoms with Gasteiger partial charge in [-0.25, -0.2) is 0 Å². The van der Waals surface area contributed by atoms with Gasteiger partial charge in [0.15, 0.2) is 12.4 Å². The number of hydrogen-bond donors (Lipinski definition) is 4. The van der Waals surface area contributed by atoms with E-state index in [0.717, 1.165) is 96.3 Å². The molecule has 1 saturated heterocycles. The Balaban J connectivity index is 2.49. The van der Waals surface area contributed by atoms with Crippen molar-refractivity contribution in [1.82, 2.24) is 0 Å². The molecule has 13 heteroatoms. The van der Waals surface area contributed by atoms with Gasteiger partial charge in [0.05, 0.1) is 6.61 Å². The number of unbranched alkanes of at least 4 members (excludes halogenated alkanes) is 7. The number of rotatable bonds is 37. The van der Waals surface area contributed by atoms with Gasteiger partial charge in [0, 0.05) is 12.8 Å². The highest BCUT2D eigenvalue weighted by Gasteiger charge is 2.46. The fourth-order valence-electron chi connectivity index (χ4n) is 6.22. The molecule has 2 unspecified atom stereocenters. The second-order valence-corrected chi connectivity index (χ2v) is 17.2. The lowest BCUT2D eigenvalue weighted by molar-refractivity contribution is -0.297. The number of hydrogen-bond acceptors (Lipinski definition) is 11. The summed E-state index contributed by atoms with van der Waals surface area (Å²) in [4.78, 5) is 25.4. The van der Waals surface area contributed by atoms with Gasteiger partial charge < -0.3 is 34.3 Å². The average Bonchev–Trinajstić information content (AvgIpc) is 3.26. The highest BCUT2D eigenvalue weighted by Crippen LogP contribution is 2.24. The summed E-state index contributed by atoms with van der Waals surface area (Å²) in [5, 5.41) is 30.9. The average molecular weight is 917 g/mol. The van der Waals surface area contributed by atoms with Gasteiger partial charge in [0.25, 0.3) is 10.1 Å². The van der Waals surface area contributed by atoms with Crippen molar-refractivity contribution in [3.63, 3.8) is 0 Å². The van der Waals surface area contributed by atoms with Crippen molar-refractivity contribution in [2.24, 2.45) is 0 Å². The molecule has 0 amide bonds. The molecule has 1 aliphatic heterocycles. The van der Waals surface area contributed by atoms with E-state index in [9.17, 15) is 37.9 Å². The summed E-state index contributed by atoms with van der Waals surface area (Å²) in [7, 11) is -4.62. The Kier molecular flexibility index (Phi) is 36.1. The summed E-state index contributed by atoms with van der Waals surface area (Å²) in [5.41, 5.74) is 0. The van der Waals surface area contributed by atoms with Crippen molar-refractivity contribution in [3.05, 3.63) is 109 Å². The van der Waals surface area contributed by atoms with Crippen molar-refractivity contribution in [2.75, 3.05) is 19.0 Å². The van der Waals surface area contributed by atoms with E-state index in [1.165, 1.54) is 6.42 Å². The van der Waals surface area contributed by atoms with Gasteiger partial charge in [0.2, 0.25) is 0 Å². The number of carbonyl (C=O) groups excluding carboxylic acids is 2. The number of aliphatic hydroxyl groups is 3. The standard InChI is InChI=1S/C51H80O12S/c1-3-5-7-9-11-13-15-17-19-21-22-24-25-27-29-31-33-35-37-39-46(52)60-41-44(42-61-51-50(56)49(55)48(54)45(63-51)43-64(57,58)59)62-47(53)40-38-36-34-32-30-28-26-23-20-18-16-14-12-10-8-6-4-2/h5,7-8,10-11,13-14,16-17,19-20,22-24,27-30,44-45,48-51,54-56H,3-4,6,9,12,15,18,21,25-26,31-43H2,1-2H3,(H,57,58,59)/b7-5+,10-8+,13-11+,16-14+,19-17+,23-20+,24-22+,29-27+,30-28+/t44-,45-,48-,49?,50?,51+/m1/s1. The second-order valence-electron chi connectivity index (χ2n) is 15.7. The first-order valence-electron chi connectivity index (χ1n) is 23.4. The van der Waals surface area contributed by atoms with E-state index in [-0.39, 0.29) is 19.4 Å². The smallest absolute Gasteiger partial charge is 0.306 e. The summed E-state index contributed by atoms with van der Waals surface area (Å²) in [5.74, 6) is -2.09. The zero-order valence-electron chi connectivity index (χ0n) is 38.6. The fourth-order valence-corrected chi connectivity index (χ4v) is 6.91. The van der Waals surface area contributed by atoms with Gasteiger partial charge in [-0.3, -0.25) is 14.1 Å². The van der Waals surface area contributed by atoms with Crippen LogP contribution in [0.3, 0.4) is 0 Å². The first-order valence-corrected chi connectivity index (χ1v) is 25.1. The van der Waals surface area contributed by atoms with E-state index in [1.807, 2.05) is 0 Å². The molecule has 6 atom stereocenters. The molecule has 0 aromatic heterocycles. The van der Waals surface area contributed by atoms with Gasteiger partial charge in [-0.1, -0.05) is 142 Å². The molecular formula is C51H80O12S. The molecule has 0 bridgehead atoms. The third kappa shape index (κ3) is 33.8. The normalized spacial score (nSPS) is 20.6. The number of aliphatic hydroxyl groups excluding tert-OH is 3. The van der Waals surface area contributed by atoms with Crippen LogP contribution >= 0.6 is 0 Å². The SMILES string of the molecule is CC/C=C/C/C=C/C/C=C/C/C=C/C/C=C/CCCCCC(=O)OC[C@H](CO[C@H]1O[C@H](CS(=O)(=O)O)[C@@H](O)C(O)C1O)OC(=O)CCCCC/C=C/C/C=C/C/C=C/C/C=C/CCC. The lowest BCUT2D eigenvalue weighted by atomic mass is 10.00. The number of carbonyl (C=O) groups is 2. The number of allylic oxidation sites excluding steroid dienone is 18. The molecule has 0 aromatic carbocycles. The minimum Gasteiger partial charge on any atom is -0.462 e. The summed E-state index contributed by atoms with van der Waals surface area (Å²) in [6, 6.07) is 0. The van der Waals surface area contributed by atoms with Crippen LogP contribution in [0.15, 0.2) is 109 Å². The molecule has 1 heterocycles. The van der Waals surface area contributed by atoms with Crippen LogP contribution in [0.25, 0.3) is 0 Å². The maximum atomic E-state index is 12.8. The Morgan fingerprint density at radius 1 is 0.547 bits per heavy atom. The number of esters is 2. The van der Waals surface area contributed by atoms with Crippen LogP contribution in [0.5, 0.6) is 0 Å². The summed E-state index contributed by atoms with van der Waals surface area (Å²) >= 11 is 0. The van der Waals surface area contributed by atoms with Gasteiger partial charge >= 0.3 is 11.9 Å². The third-order valence-electron chi connectivity index (χ3n) is 9.82. The molecule has 12 nitrogen and oxygen atoms in total. The molecule has 64 heavy (non-hydrogen) atoms. The van der Waals surface area contributed by atoms with Crippen LogP contribution < -0.4 is 0 Å². The molecule has 0 aliphatic carbocycles. The van der Waals surface area contributed by atoms with E-state index < -0.39 is 71.2 Å². The monoisotopic (exact) mass is 917 g/mol. The largest absolute Gasteiger partial charge is 0.462 e. The van der Waals surface area contributed by atoms with E-state index >= 15 is 0 Å². The predicted octanol–water partition coefficient (Wildman–Crippen LogP) is 10.0. The van der Waals surface area contributed by atoms with E-state index in [4.69, 9.17) is 18.9 Å². The Morgan fingerprint density at radius 3 is 1.44 bits per heavy atom. The molecule has 362 valence electrons. The number of ether oxygens (including phenoxy) is 4. The Bertz CT molecular complexity index is 1590. The molecule has 0 saturated carbocycles. The van der Waals surface area contributed by atoms with Crippen molar-refractivity contribution < 1.29 is 56.8 Å². The van der Waals surface area contributed by atoms with Crippen LogP contribution in [-0.4, -0.2) is 96.0 Å². The van der Waals surface area contributed by atoms with Crippen LogP contribution in [0.2, 0.25) is 0 Å². The topological polar surface area (TPSA) is 186 Å². The third-order valence-corrected chi connectivity index (χ3v) is 10.6. The summed E-state index contributed by atoms with van der Waals surface area (Å²) < 4.78 is 54.1. The van der Waals surface area contributed by atoms with Crippen LogP contribution in [0.4, 0.5) is 0 Å². The fraction of sp³-hybridized carbons (Fsp3) is 0.608. The zero-order valence-corrected chi connectivity index (χ0v) is 39.4. The predicted molar refractivity (Wildman–Crippen MR) is 256 cm³/mol. The molecule has 1 fully saturated rings. The van der Waals surface area contributed by atoms with E-state index in [2.05, 4.69) is 123 Å². The maximum Gasteiger partial charge on any atom is 0.306 e. The van der Waals surface area contributed by atoms with Gasteiger partial charge in [-0.05, 0) is 96.3 Å². The van der Waals surface area contributed by atoms with Crippen molar-refractivity contribution in [2.45, 2.75) is 179 Å². The Hall–Kier alpha value is -3.69. The highest BCUT2D eigenvalue weighted by atomic mass is 32.2. The minimum atomic E-state index is -4.62. The van der Waals surface area contributed by atoms with Gasteiger partial charge in [0.1, 0.15) is 36.8 Å². The minimum absolute atomic E-state index is 0.112. The maximum absolute atomic E-state index is 12.8. The van der Waals surface area contributed by atoms with Gasteiger partial charge in [-0.15, -0.1) is 0 Å². The van der Waals surface area contributed by atoms with Crippen LogP contribution in [0, 0.1) is 0 Å². The van der Waals surface area contributed by atoms with Crippen molar-refractivity contribution in [3.8, 4) is 0 Å². The molecule has 0 spiro atoms. The zero-order chi connectivity index (χ0) is 46.9. The summed E-state index contributed by atoms with van der Waals surface area (Å²) in [6.07, 6.45) is 45.5. The Labute approximate surface area is 385 Å². The lowest BCUT2D eigenvalue weighted by Gasteiger charge is -2.40. The van der Waals surface area contributed by atoms with Gasteiger partial charge in [-0.2, -0.15) is 8.42 Å². The first-order chi connectivity index (χ1) is 31.0. The second kappa shape index (κ2) is 39.7. The van der Waals surface area contributed by atoms with Crippen LogP contribution in [0.1, 0.15) is 142 Å². The molecule has 1 rings (SSSR count). The Morgan fingerprint density at radius 2 is 0.984 bits per heavy atom.